The maximum Gasteiger partial charge on any atom is 0.274 e. The topological polar surface area (TPSA) is 110 Å². The number of pyridine rings is 2. The molecule has 1 amide bonds. The lowest BCUT2D eigenvalue weighted by Gasteiger charge is -2.32. The highest BCUT2D eigenvalue weighted by Gasteiger charge is 2.36. The van der Waals surface area contributed by atoms with Crippen molar-refractivity contribution >= 4 is 11.6 Å². The van der Waals surface area contributed by atoms with Gasteiger partial charge in [-0.2, -0.15) is 0 Å². The first-order chi connectivity index (χ1) is 18.0. The Bertz CT molecular complexity index is 1390. The largest absolute Gasteiger partial charge is 0.490 e. The molecule has 1 aliphatic carbocycles. The molecule has 0 spiro atoms. The number of benzene rings is 1. The number of hydrogen-bond donors (Lipinski definition) is 3. The number of halogens is 3. The Morgan fingerprint density at radius 2 is 1.97 bits per heavy atom. The second kappa shape index (κ2) is 9.99. The van der Waals surface area contributed by atoms with Crippen LogP contribution in [0.5, 0.6) is 5.75 Å². The van der Waals surface area contributed by atoms with Crippen LogP contribution >= 0.6 is 0 Å². The second-order valence-corrected chi connectivity index (χ2v) is 10.5. The number of carbonyl (C=O) groups excluding carboxylic acids is 1. The van der Waals surface area contributed by atoms with E-state index in [9.17, 15) is 14.3 Å². The van der Waals surface area contributed by atoms with Crippen molar-refractivity contribution in [3.05, 3.63) is 70.9 Å². The van der Waals surface area contributed by atoms with Crippen LogP contribution in [0, 0.1) is 23.4 Å². The average Bonchev–Trinajstić information content (AvgIpc) is 2.85. The number of carbonyl (C=O) groups is 1. The molecule has 7 nitrogen and oxygen atoms in total. The fourth-order valence-corrected chi connectivity index (χ4v) is 5.55. The summed E-state index contributed by atoms with van der Waals surface area (Å²) in [7, 11) is 0. The summed E-state index contributed by atoms with van der Waals surface area (Å²) in [6.07, 6.45) is 5.92. The third-order valence-electron chi connectivity index (χ3n) is 7.43. The predicted molar refractivity (Wildman–Crippen MR) is 135 cm³/mol. The molecule has 1 fully saturated rings. The van der Waals surface area contributed by atoms with Gasteiger partial charge in [-0.1, -0.05) is 6.92 Å². The van der Waals surface area contributed by atoms with Crippen LogP contribution in [-0.2, 0) is 5.60 Å². The smallest absolute Gasteiger partial charge is 0.274 e. The minimum atomic E-state index is -1.51. The van der Waals surface area contributed by atoms with Gasteiger partial charge in [0.25, 0.3) is 5.91 Å². The van der Waals surface area contributed by atoms with E-state index in [4.69, 9.17) is 10.5 Å². The molecule has 0 bridgehead atoms. The number of rotatable bonds is 4. The highest BCUT2D eigenvalue weighted by Crippen LogP contribution is 2.43. The van der Waals surface area contributed by atoms with E-state index >= 15 is 8.78 Å². The molecule has 1 saturated carbocycles. The first kappa shape index (κ1) is 26.1. The molecular formula is C28H29F3N4O3. The number of anilines is 1. The normalized spacial score (nSPS) is 24.9. The molecule has 1 aliphatic heterocycles. The molecule has 200 valence electrons. The van der Waals surface area contributed by atoms with Crippen molar-refractivity contribution in [2.24, 2.45) is 11.7 Å². The van der Waals surface area contributed by atoms with Gasteiger partial charge in [0.2, 0.25) is 0 Å². The van der Waals surface area contributed by atoms with Crippen LogP contribution in [0.25, 0.3) is 11.3 Å². The van der Waals surface area contributed by atoms with Crippen LogP contribution < -0.4 is 15.8 Å². The van der Waals surface area contributed by atoms with Crippen LogP contribution in [0.1, 0.15) is 67.1 Å². The van der Waals surface area contributed by atoms with Gasteiger partial charge in [0, 0.05) is 24.2 Å². The Morgan fingerprint density at radius 3 is 2.74 bits per heavy atom. The molecule has 38 heavy (non-hydrogen) atoms. The summed E-state index contributed by atoms with van der Waals surface area (Å²) >= 11 is 0. The number of aliphatic hydroxyl groups is 1. The minimum Gasteiger partial charge on any atom is -0.490 e. The quantitative estimate of drug-likeness (QED) is 0.440. The van der Waals surface area contributed by atoms with Gasteiger partial charge in [-0.25, -0.2) is 18.2 Å². The highest BCUT2D eigenvalue weighted by molar-refractivity contribution is 6.03. The molecule has 4 N–H and O–H groups in total. The average molecular weight is 527 g/mol. The number of nitrogens with one attached hydrogen (secondary N) is 1. The van der Waals surface area contributed by atoms with Gasteiger partial charge in [0.1, 0.15) is 23.0 Å². The molecule has 0 saturated heterocycles. The van der Waals surface area contributed by atoms with Crippen LogP contribution in [0.2, 0.25) is 0 Å². The fraction of sp³-hybridized carbons (Fsp3) is 0.393. The van der Waals surface area contributed by atoms with Crippen molar-refractivity contribution in [3.8, 4) is 17.0 Å². The monoisotopic (exact) mass is 526 g/mol. The van der Waals surface area contributed by atoms with Crippen molar-refractivity contribution < 1.29 is 27.8 Å². The standard InChI is InChI=1S/C28H29F3N4O3/c1-14-9-15(11-16(32)10-14)17-5-7-33-13-22(17)35-27(36)21-4-3-19(29)25(34-21)23-20(30)12-18-26(24(23)31)38-8-6-28(18,2)37/h3-5,7,12-16,37H,6,8-11,32H2,1-2H3,(H,35,36). The lowest BCUT2D eigenvalue weighted by molar-refractivity contribution is 0.0126. The van der Waals surface area contributed by atoms with E-state index in [2.05, 4.69) is 22.2 Å². The zero-order chi connectivity index (χ0) is 27.2. The number of ether oxygens (including phenoxy) is 1. The number of aromatic nitrogens is 2. The molecule has 3 heterocycles. The molecule has 0 radical (unpaired) electrons. The Labute approximate surface area is 218 Å². The molecule has 2 aliphatic rings. The van der Waals surface area contributed by atoms with Crippen LogP contribution in [0.15, 0.2) is 36.7 Å². The van der Waals surface area contributed by atoms with E-state index in [0.717, 1.165) is 43.0 Å². The summed E-state index contributed by atoms with van der Waals surface area (Å²) in [5.74, 6) is -3.85. The number of hydrogen-bond acceptors (Lipinski definition) is 6. The molecule has 4 atom stereocenters. The predicted octanol–water partition coefficient (Wildman–Crippen LogP) is 5.03. The third kappa shape index (κ3) is 4.86. The van der Waals surface area contributed by atoms with Crippen molar-refractivity contribution in [3.63, 3.8) is 0 Å². The first-order valence-corrected chi connectivity index (χ1v) is 12.6. The number of amides is 1. The Kier molecular flexibility index (Phi) is 6.87. The SMILES string of the molecule is CC1CC(N)CC(c2ccncc2NC(=O)c2ccc(F)c(-c3c(F)cc4c(c3F)OCCC4(C)O)n2)C1. The number of fused-ring (bicyclic) bond motifs is 1. The van der Waals surface area contributed by atoms with E-state index in [1.165, 1.54) is 13.1 Å². The summed E-state index contributed by atoms with van der Waals surface area (Å²) < 4.78 is 50.7. The van der Waals surface area contributed by atoms with Crippen LogP contribution in [0.3, 0.4) is 0 Å². The summed E-state index contributed by atoms with van der Waals surface area (Å²) in [6.45, 7) is 3.56. The third-order valence-corrected chi connectivity index (χ3v) is 7.43. The summed E-state index contributed by atoms with van der Waals surface area (Å²) in [4.78, 5) is 21.3. The van der Waals surface area contributed by atoms with Gasteiger partial charge in [-0.05, 0) is 67.9 Å². The second-order valence-electron chi connectivity index (χ2n) is 10.5. The Morgan fingerprint density at radius 1 is 1.18 bits per heavy atom. The maximum absolute atomic E-state index is 15.4. The first-order valence-electron chi connectivity index (χ1n) is 12.6. The van der Waals surface area contributed by atoms with Crippen molar-refractivity contribution in [1.82, 2.24) is 9.97 Å². The molecule has 4 unspecified atom stereocenters. The summed E-state index contributed by atoms with van der Waals surface area (Å²) in [5.41, 5.74) is 4.31. The fourth-order valence-electron chi connectivity index (χ4n) is 5.55. The number of nitrogens with two attached hydrogens (primary N) is 1. The molecule has 2 aromatic heterocycles. The van der Waals surface area contributed by atoms with E-state index in [0.29, 0.717) is 11.6 Å². The van der Waals surface area contributed by atoms with Gasteiger partial charge in [0.05, 0.1) is 29.7 Å². The lowest BCUT2D eigenvalue weighted by Crippen LogP contribution is -2.31. The Balaban J connectivity index is 1.48. The molecule has 10 heteroatoms. The number of nitrogens with zero attached hydrogens (tertiary/aromatic N) is 2. The van der Waals surface area contributed by atoms with Crippen LogP contribution in [0.4, 0.5) is 18.9 Å². The zero-order valence-corrected chi connectivity index (χ0v) is 21.1. The summed E-state index contributed by atoms with van der Waals surface area (Å²) in [5, 5.41) is 13.3. The zero-order valence-electron chi connectivity index (χ0n) is 21.1. The van der Waals surface area contributed by atoms with E-state index in [1.54, 1.807) is 6.20 Å². The Hall–Kier alpha value is -3.50. The van der Waals surface area contributed by atoms with E-state index in [1.807, 2.05) is 6.07 Å². The molecule has 3 aromatic rings. The van der Waals surface area contributed by atoms with Gasteiger partial charge in [0.15, 0.2) is 11.6 Å². The van der Waals surface area contributed by atoms with Gasteiger partial charge in [-0.15, -0.1) is 0 Å². The molecule has 1 aromatic carbocycles. The van der Waals surface area contributed by atoms with E-state index < -0.39 is 40.2 Å². The van der Waals surface area contributed by atoms with Crippen molar-refractivity contribution in [1.29, 1.82) is 0 Å². The maximum atomic E-state index is 15.4. The van der Waals surface area contributed by atoms with Crippen LogP contribution in [-0.4, -0.2) is 33.6 Å². The van der Waals surface area contributed by atoms with Crippen molar-refractivity contribution in [2.45, 2.75) is 57.1 Å². The van der Waals surface area contributed by atoms with Gasteiger partial charge < -0.3 is 20.9 Å². The van der Waals surface area contributed by atoms with Crippen molar-refractivity contribution in [2.75, 3.05) is 11.9 Å². The highest BCUT2D eigenvalue weighted by atomic mass is 19.1. The van der Waals surface area contributed by atoms with E-state index in [-0.39, 0.29) is 42.0 Å². The van der Waals surface area contributed by atoms with Gasteiger partial charge in [-0.3, -0.25) is 9.78 Å². The molecular weight excluding hydrogens is 497 g/mol. The lowest BCUT2D eigenvalue weighted by atomic mass is 9.76. The minimum absolute atomic E-state index is 0.00152. The molecule has 5 rings (SSSR count). The van der Waals surface area contributed by atoms with Gasteiger partial charge >= 0.3 is 0 Å². The summed E-state index contributed by atoms with van der Waals surface area (Å²) in [6, 6.07) is 4.87.